The van der Waals surface area contributed by atoms with Gasteiger partial charge < -0.3 is 10.1 Å². The van der Waals surface area contributed by atoms with Gasteiger partial charge in [-0.25, -0.2) is 4.79 Å². The summed E-state index contributed by atoms with van der Waals surface area (Å²) in [6.07, 6.45) is -0.672. The first kappa shape index (κ1) is 24.7. The third-order valence-corrected chi connectivity index (χ3v) is 6.05. The number of aryl methyl sites for hydroxylation is 3. The van der Waals surface area contributed by atoms with E-state index in [9.17, 15) is 14.4 Å². The van der Waals surface area contributed by atoms with Gasteiger partial charge in [0.05, 0.1) is 6.04 Å². The fourth-order valence-electron chi connectivity index (χ4n) is 3.23. The zero-order valence-electron chi connectivity index (χ0n) is 19.2. The number of hydrogen-bond acceptors (Lipinski definition) is 5. The first-order valence-electron chi connectivity index (χ1n) is 10.2. The van der Waals surface area contributed by atoms with Crippen LogP contribution in [0.5, 0.6) is 0 Å². The molecule has 2 aromatic rings. The van der Waals surface area contributed by atoms with Gasteiger partial charge in [0.25, 0.3) is 0 Å². The van der Waals surface area contributed by atoms with Crippen LogP contribution in [0, 0.1) is 26.7 Å². The molecule has 2 atom stereocenters. The van der Waals surface area contributed by atoms with Crippen LogP contribution >= 0.6 is 11.8 Å². The third-order valence-electron chi connectivity index (χ3n) is 4.75. The van der Waals surface area contributed by atoms with E-state index in [1.807, 2.05) is 63.2 Å². The molecule has 0 spiro atoms. The second-order valence-corrected chi connectivity index (χ2v) is 9.78. The van der Waals surface area contributed by atoms with Crippen LogP contribution in [0.1, 0.15) is 56.0 Å². The molecule has 2 aromatic carbocycles. The SMILES string of the molecule is CC(=O)C(C(=O)Sc1c(C)cccc1C)[C@@H](NC(=O)OC(C)(C)C)c1ccc(C)cc1. The molecule has 166 valence electrons. The number of ketones is 1. The van der Waals surface area contributed by atoms with Crippen LogP contribution < -0.4 is 5.32 Å². The lowest BCUT2D eigenvalue weighted by Gasteiger charge is -2.28. The quantitative estimate of drug-likeness (QED) is 0.460. The molecule has 0 saturated carbocycles. The molecular formula is C25H31NO4S. The van der Waals surface area contributed by atoms with Crippen molar-refractivity contribution in [1.29, 1.82) is 0 Å². The van der Waals surface area contributed by atoms with Crippen molar-refractivity contribution in [1.82, 2.24) is 5.32 Å². The average Bonchev–Trinajstić information content (AvgIpc) is 2.63. The molecule has 0 fully saturated rings. The molecule has 0 aliphatic carbocycles. The van der Waals surface area contributed by atoms with E-state index in [-0.39, 0.29) is 10.9 Å². The smallest absolute Gasteiger partial charge is 0.408 e. The van der Waals surface area contributed by atoms with E-state index in [2.05, 4.69) is 5.32 Å². The van der Waals surface area contributed by atoms with Gasteiger partial charge in [-0.15, -0.1) is 0 Å². The van der Waals surface area contributed by atoms with Crippen molar-refractivity contribution in [3.8, 4) is 0 Å². The third kappa shape index (κ3) is 6.96. The van der Waals surface area contributed by atoms with E-state index in [0.717, 1.165) is 33.3 Å². The molecule has 6 heteroatoms. The summed E-state index contributed by atoms with van der Waals surface area (Å²) in [5.74, 6) is -1.37. The number of hydrogen-bond donors (Lipinski definition) is 1. The van der Waals surface area contributed by atoms with Gasteiger partial charge in [-0.2, -0.15) is 0 Å². The highest BCUT2D eigenvalue weighted by Gasteiger charge is 2.36. The van der Waals surface area contributed by atoms with E-state index in [0.29, 0.717) is 5.56 Å². The van der Waals surface area contributed by atoms with Crippen molar-refractivity contribution in [3.05, 3.63) is 64.7 Å². The minimum Gasteiger partial charge on any atom is -0.444 e. The first-order valence-corrected chi connectivity index (χ1v) is 11.0. The normalized spacial score (nSPS) is 13.3. The summed E-state index contributed by atoms with van der Waals surface area (Å²) in [5, 5.41) is 2.46. The average molecular weight is 442 g/mol. The number of carbonyl (C=O) groups is 3. The number of amides is 1. The van der Waals surface area contributed by atoms with Crippen LogP contribution in [0.25, 0.3) is 0 Å². The summed E-state index contributed by atoms with van der Waals surface area (Å²) >= 11 is 1.05. The Labute approximate surface area is 189 Å². The second kappa shape index (κ2) is 10.1. The van der Waals surface area contributed by atoms with Gasteiger partial charge >= 0.3 is 6.09 Å². The van der Waals surface area contributed by atoms with Crippen LogP contribution in [0.3, 0.4) is 0 Å². The molecule has 0 saturated heterocycles. The number of rotatable bonds is 6. The number of alkyl carbamates (subject to hydrolysis) is 1. The van der Waals surface area contributed by atoms with Gasteiger partial charge in [0.1, 0.15) is 17.3 Å². The summed E-state index contributed by atoms with van der Waals surface area (Å²) in [6.45, 7) is 12.5. The van der Waals surface area contributed by atoms with E-state index >= 15 is 0 Å². The molecule has 2 rings (SSSR count). The highest BCUT2D eigenvalue weighted by Crippen LogP contribution is 2.34. The maximum Gasteiger partial charge on any atom is 0.408 e. The summed E-state index contributed by atoms with van der Waals surface area (Å²) in [5.41, 5.74) is 2.94. The van der Waals surface area contributed by atoms with Crippen LogP contribution in [-0.2, 0) is 14.3 Å². The number of carbonyl (C=O) groups excluding carboxylic acids is 3. The number of thioether (sulfide) groups is 1. The van der Waals surface area contributed by atoms with E-state index in [4.69, 9.17) is 4.74 Å². The Hall–Kier alpha value is -2.60. The number of nitrogens with one attached hydrogen (secondary N) is 1. The highest BCUT2D eigenvalue weighted by molar-refractivity contribution is 8.13. The largest absolute Gasteiger partial charge is 0.444 e. The van der Waals surface area contributed by atoms with Crippen LogP contribution in [0.4, 0.5) is 4.79 Å². The Morgan fingerprint density at radius 2 is 1.48 bits per heavy atom. The Morgan fingerprint density at radius 3 is 1.97 bits per heavy atom. The summed E-state index contributed by atoms with van der Waals surface area (Å²) in [7, 11) is 0. The molecule has 0 radical (unpaired) electrons. The summed E-state index contributed by atoms with van der Waals surface area (Å²) in [6, 6.07) is 12.4. The van der Waals surface area contributed by atoms with E-state index < -0.39 is 23.7 Å². The van der Waals surface area contributed by atoms with Gasteiger partial charge in [0.15, 0.2) is 0 Å². The molecule has 1 unspecified atom stereocenters. The number of Topliss-reactive ketones (excluding diaryl/α,β-unsaturated/α-hetero) is 1. The van der Waals surface area contributed by atoms with Crippen LogP contribution in [-0.4, -0.2) is 22.6 Å². The summed E-state index contributed by atoms with van der Waals surface area (Å²) in [4.78, 5) is 39.4. The van der Waals surface area contributed by atoms with E-state index in [1.165, 1.54) is 6.92 Å². The molecule has 1 N–H and O–H groups in total. The van der Waals surface area contributed by atoms with E-state index in [1.54, 1.807) is 20.8 Å². The van der Waals surface area contributed by atoms with Crippen molar-refractivity contribution >= 4 is 28.8 Å². The van der Waals surface area contributed by atoms with Crippen molar-refractivity contribution in [2.45, 2.75) is 65.0 Å². The molecule has 5 nitrogen and oxygen atoms in total. The fourth-order valence-corrected chi connectivity index (χ4v) is 4.32. The van der Waals surface area contributed by atoms with Crippen molar-refractivity contribution < 1.29 is 19.1 Å². The van der Waals surface area contributed by atoms with Crippen LogP contribution in [0.15, 0.2) is 47.4 Å². The Bertz CT molecular complexity index is 940. The first-order chi connectivity index (χ1) is 14.4. The van der Waals surface area contributed by atoms with Crippen molar-refractivity contribution in [2.24, 2.45) is 5.92 Å². The zero-order valence-corrected chi connectivity index (χ0v) is 20.1. The predicted octanol–water partition coefficient (Wildman–Crippen LogP) is 5.70. The molecule has 0 heterocycles. The van der Waals surface area contributed by atoms with Crippen LogP contribution in [0.2, 0.25) is 0 Å². The molecule has 0 aliphatic heterocycles. The second-order valence-electron chi connectivity index (χ2n) is 8.76. The Balaban J connectivity index is 2.43. The fraction of sp³-hybridized carbons (Fsp3) is 0.400. The van der Waals surface area contributed by atoms with Gasteiger partial charge in [-0.05, 0) is 65.2 Å². The van der Waals surface area contributed by atoms with Gasteiger partial charge in [0.2, 0.25) is 5.12 Å². The minimum absolute atomic E-state index is 0.313. The maximum absolute atomic E-state index is 13.4. The maximum atomic E-state index is 13.4. The Kier molecular flexibility index (Phi) is 8.07. The molecule has 0 bridgehead atoms. The Morgan fingerprint density at radius 1 is 0.935 bits per heavy atom. The monoisotopic (exact) mass is 441 g/mol. The molecule has 0 aromatic heterocycles. The minimum atomic E-state index is -1.06. The molecule has 0 aliphatic rings. The van der Waals surface area contributed by atoms with Crippen molar-refractivity contribution in [3.63, 3.8) is 0 Å². The zero-order chi connectivity index (χ0) is 23.3. The lowest BCUT2D eigenvalue weighted by atomic mass is 9.90. The number of ether oxygens (including phenoxy) is 1. The van der Waals surface area contributed by atoms with Gasteiger partial charge in [-0.3, -0.25) is 9.59 Å². The predicted molar refractivity (Wildman–Crippen MR) is 124 cm³/mol. The lowest BCUT2D eigenvalue weighted by Crippen LogP contribution is -2.41. The highest BCUT2D eigenvalue weighted by atomic mass is 32.2. The molecular weight excluding hydrogens is 410 g/mol. The van der Waals surface area contributed by atoms with Crippen molar-refractivity contribution in [2.75, 3.05) is 0 Å². The topological polar surface area (TPSA) is 72.5 Å². The number of benzene rings is 2. The lowest BCUT2D eigenvalue weighted by molar-refractivity contribution is -0.128. The summed E-state index contributed by atoms with van der Waals surface area (Å²) < 4.78 is 5.40. The van der Waals surface area contributed by atoms with Gasteiger partial charge in [0, 0.05) is 4.90 Å². The van der Waals surface area contributed by atoms with Gasteiger partial charge in [-0.1, -0.05) is 59.8 Å². The molecule has 31 heavy (non-hydrogen) atoms. The standard InChI is InChI=1S/C25H31NO4S/c1-15-11-13-19(14-12-15)21(26-24(29)30-25(5,6)7)20(18(4)27)23(28)31-22-16(2)9-8-10-17(22)3/h8-14,20-21H,1-7H3,(H,26,29)/t20?,21-/m0/s1. The molecule has 1 amide bonds.